The summed E-state index contributed by atoms with van der Waals surface area (Å²) in [6.45, 7) is 12.8. The van der Waals surface area contributed by atoms with E-state index in [1.807, 2.05) is 0 Å². The summed E-state index contributed by atoms with van der Waals surface area (Å²) in [6.07, 6.45) is 3.98. The SMILES string of the molecule is CC(C)=CCC/C(=N/O)C(C)(C)C(C)C. The predicted molar refractivity (Wildman–Crippen MR) is 66.5 cm³/mol. The largest absolute Gasteiger partial charge is 0.411 e. The minimum Gasteiger partial charge on any atom is -0.411 e. The molecule has 15 heavy (non-hydrogen) atoms. The van der Waals surface area contributed by atoms with E-state index >= 15 is 0 Å². The van der Waals surface area contributed by atoms with Crippen LogP contribution in [0.4, 0.5) is 0 Å². The Hall–Kier alpha value is -0.790. The molecule has 0 aliphatic heterocycles. The van der Waals surface area contributed by atoms with Crippen molar-refractivity contribution in [3.63, 3.8) is 0 Å². The molecule has 0 heterocycles. The molecule has 0 amide bonds. The number of oxime groups is 1. The Morgan fingerprint density at radius 2 is 1.87 bits per heavy atom. The molecule has 0 saturated heterocycles. The van der Waals surface area contributed by atoms with Crippen LogP contribution in [-0.4, -0.2) is 10.9 Å². The standard InChI is InChI=1S/C13H25NO/c1-10(2)8-7-9-12(14-15)13(5,6)11(3)4/h8,11,15H,7,9H2,1-6H3/b14-12-. The molecule has 1 N–H and O–H groups in total. The molecule has 0 bridgehead atoms. The van der Waals surface area contributed by atoms with E-state index in [2.05, 4.69) is 52.8 Å². The number of hydrogen-bond donors (Lipinski definition) is 1. The number of hydrogen-bond acceptors (Lipinski definition) is 2. The molecule has 88 valence electrons. The fourth-order valence-electron chi connectivity index (χ4n) is 1.33. The summed E-state index contributed by atoms with van der Waals surface area (Å²) in [5.74, 6) is 0.482. The van der Waals surface area contributed by atoms with E-state index in [9.17, 15) is 0 Å². The van der Waals surface area contributed by atoms with Gasteiger partial charge in [0.2, 0.25) is 0 Å². The average molecular weight is 211 g/mol. The highest BCUT2D eigenvalue weighted by molar-refractivity contribution is 5.89. The van der Waals surface area contributed by atoms with Crippen LogP contribution in [0.5, 0.6) is 0 Å². The molecule has 0 aliphatic carbocycles. The summed E-state index contributed by atoms with van der Waals surface area (Å²) in [5, 5.41) is 12.5. The second-order valence-electron chi connectivity index (χ2n) is 5.24. The van der Waals surface area contributed by atoms with E-state index in [-0.39, 0.29) is 5.41 Å². The van der Waals surface area contributed by atoms with Crippen molar-refractivity contribution in [2.24, 2.45) is 16.5 Å². The van der Waals surface area contributed by atoms with Gasteiger partial charge in [0.15, 0.2) is 0 Å². The van der Waals surface area contributed by atoms with Crippen LogP contribution in [0, 0.1) is 11.3 Å². The van der Waals surface area contributed by atoms with Crippen molar-refractivity contribution in [1.82, 2.24) is 0 Å². The second kappa shape index (κ2) is 5.94. The van der Waals surface area contributed by atoms with E-state index < -0.39 is 0 Å². The first-order valence-corrected chi connectivity index (χ1v) is 5.67. The Morgan fingerprint density at radius 1 is 1.33 bits per heavy atom. The lowest BCUT2D eigenvalue weighted by molar-refractivity contribution is 0.289. The molecule has 2 nitrogen and oxygen atoms in total. The first-order chi connectivity index (χ1) is 6.82. The van der Waals surface area contributed by atoms with Crippen molar-refractivity contribution >= 4 is 5.71 Å². The molecule has 0 aromatic carbocycles. The lowest BCUT2D eigenvalue weighted by atomic mass is 9.75. The monoisotopic (exact) mass is 211 g/mol. The molecule has 0 unspecified atom stereocenters. The zero-order valence-electron chi connectivity index (χ0n) is 11.0. The Balaban J connectivity index is 4.47. The molecular weight excluding hydrogens is 186 g/mol. The quantitative estimate of drug-likeness (QED) is 0.313. The van der Waals surface area contributed by atoms with Gasteiger partial charge in [-0.25, -0.2) is 0 Å². The van der Waals surface area contributed by atoms with Crippen molar-refractivity contribution in [2.45, 2.75) is 54.4 Å². The van der Waals surface area contributed by atoms with Gasteiger partial charge in [-0.3, -0.25) is 0 Å². The van der Waals surface area contributed by atoms with Gasteiger partial charge in [-0.05, 0) is 32.6 Å². The van der Waals surface area contributed by atoms with E-state index in [0.29, 0.717) is 5.92 Å². The van der Waals surface area contributed by atoms with Gasteiger partial charge in [-0.2, -0.15) is 0 Å². The summed E-state index contributed by atoms with van der Waals surface area (Å²) >= 11 is 0. The van der Waals surface area contributed by atoms with Gasteiger partial charge in [-0.1, -0.05) is 44.5 Å². The highest BCUT2D eigenvalue weighted by atomic mass is 16.4. The third-order valence-corrected chi connectivity index (χ3v) is 3.24. The normalized spacial score (nSPS) is 13.1. The van der Waals surface area contributed by atoms with E-state index in [4.69, 9.17) is 5.21 Å². The van der Waals surface area contributed by atoms with Gasteiger partial charge in [0, 0.05) is 5.41 Å². The van der Waals surface area contributed by atoms with Crippen LogP contribution in [0.3, 0.4) is 0 Å². The van der Waals surface area contributed by atoms with Gasteiger partial charge >= 0.3 is 0 Å². The zero-order chi connectivity index (χ0) is 12.1. The lowest BCUT2D eigenvalue weighted by Gasteiger charge is -2.29. The van der Waals surface area contributed by atoms with E-state index in [0.717, 1.165) is 18.6 Å². The molecular formula is C13H25NO. The zero-order valence-corrected chi connectivity index (χ0v) is 11.0. The van der Waals surface area contributed by atoms with Crippen LogP contribution in [0.2, 0.25) is 0 Å². The van der Waals surface area contributed by atoms with Crippen molar-refractivity contribution in [1.29, 1.82) is 0 Å². The van der Waals surface area contributed by atoms with Crippen LogP contribution >= 0.6 is 0 Å². The van der Waals surface area contributed by atoms with Gasteiger partial charge < -0.3 is 5.21 Å². The molecule has 0 radical (unpaired) electrons. The molecule has 0 spiro atoms. The average Bonchev–Trinajstić information content (AvgIpc) is 2.11. The Labute approximate surface area is 94.1 Å². The van der Waals surface area contributed by atoms with Crippen LogP contribution in [0.15, 0.2) is 16.8 Å². The minimum absolute atomic E-state index is 0.0236. The molecule has 0 aliphatic rings. The Bertz CT molecular complexity index is 245. The van der Waals surface area contributed by atoms with Crippen molar-refractivity contribution in [3.8, 4) is 0 Å². The number of rotatable bonds is 5. The van der Waals surface area contributed by atoms with Gasteiger partial charge in [-0.15, -0.1) is 0 Å². The highest BCUT2D eigenvalue weighted by Gasteiger charge is 2.28. The highest BCUT2D eigenvalue weighted by Crippen LogP contribution is 2.30. The molecule has 0 aromatic heterocycles. The van der Waals surface area contributed by atoms with Gasteiger partial charge in [0.1, 0.15) is 0 Å². The molecule has 2 heteroatoms. The fourth-order valence-corrected chi connectivity index (χ4v) is 1.33. The molecule has 0 rings (SSSR count). The van der Waals surface area contributed by atoms with Gasteiger partial charge in [0.05, 0.1) is 5.71 Å². The van der Waals surface area contributed by atoms with E-state index in [1.165, 1.54) is 5.57 Å². The molecule has 0 fully saturated rings. The summed E-state index contributed by atoms with van der Waals surface area (Å²) in [5.41, 5.74) is 2.19. The maximum Gasteiger partial charge on any atom is 0.0632 e. The van der Waals surface area contributed by atoms with Crippen molar-refractivity contribution in [2.75, 3.05) is 0 Å². The van der Waals surface area contributed by atoms with Crippen LogP contribution in [0.1, 0.15) is 54.4 Å². The first kappa shape index (κ1) is 14.2. The third kappa shape index (κ3) is 4.50. The number of nitrogens with zero attached hydrogens (tertiary/aromatic N) is 1. The van der Waals surface area contributed by atoms with Gasteiger partial charge in [0.25, 0.3) is 0 Å². The molecule has 0 saturated carbocycles. The third-order valence-electron chi connectivity index (χ3n) is 3.24. The Kier molecular flexibility index (Phi) is 5.63. The molecule has 0 aromatic rings. The number of allylic oxidation sites excluding steroid dienone is 2. The topological polar surface area (TPSA) is 32.6 Å². The van der Waals surface area contributed by atoms with Crippen LogP contribution < -0.4 is 0 Å². The van der Waals surface area contributed by atoms with Crippen LogP contribution in [-0.2, 0) is 0 Å². The summed E-state index contributed by atoms with van der Waals surface area (Å²) in [7, 11) is 0. The summed E-state index contributed by atoms with van der Waals surface area (Å²) < 4.78 is 0. The van der Waals surface area contributed by atoms with Crippen molar-refractivity contribution in [3.05, 3.63) is 11.6 Å². The fraction of sp³-hybridized carbons (Fsp3) is 0.769. The first-order valence-electron chi connectivity index (χ1n) is 5.67. The second-order valence-corrected chi connectivity index (χ2v) is 5.24. The summed E-state index contributed by atoms with van der Waals surface area (Å²) in [4.78, 5) is 0. The van der Waals surface area contributed by atoms with Crippen LogP contribution in [0.25, 0.3) is 0 Å². The maximum absolute atomic E-state index is 9.04. The molecule has 0 atom stereocenters. The van der Waals surface area contributed by atoms with E-state index in [1.54, 1.807) is 0 Å². The maximum atomic E-state index is 9.04. The summed E-state index contributed by atoms with van der Waals surface area (Å²) in [6, 6.07) is 0. The predicted octanol–water partition coefficient (Wildman–Crippen LogP) is 4.25. The smallest absolute Gasteiger partial charge is 0.0632 e. The minimum atomic E-state index is -0.0236. The Morgan fingerprint density at radius 3 is 2.20 bits per heavy atom. The lowest BCUT2D eigenvalue weighted by Crippen LogP contribution is -2.30. The van der Waals surface area contributed by atoms with Crippen molar-refractivity contribution < 1.29 is 5.21 Å².